The van der Waals surface area contributed by atoms with Gasteiger partial charge in [0.25, 0.3) is 0 Å². The number of unbranched alkanes of at least 4 members (excludes halogenated alkanes) is 11. The van der Waals surface area contributed by atoms with Crippen LogP contribution in [0, 0.1) is 0 Å². The Bertz CT molecular complexity index is 227. The van der Waals surface area contributed by atoms with E-state index in [9.17, 15) is 5.11 Å². The van der Waals surface area contributed by atoms with Gasteiger partial charge in [0.2, 0.25) is 0 Å². The molecule has 0 aromatic heterocycles. The van der Waals surface area contributed by atoms with Crippen molar-refractivity contribution in [3.05, 3.63) is 0 Å². The zero-order valence-electron chi connectivity index (χ0n) is 14.8. The molecule has 0 bridgehead atoms. The van der Waals surface area contributed by atoms with Crippen LogP contribution in [-0.4, -0.2) is 46.1 Å². The van der Waals surface area contributed by atoms with Gasteiger partial charge in [0, 0.05) is 6.54 Å². The van der Waals surface area contributed by atoms with Gasteiger partial charge >= 0.3 is 0 Å². The minimum atomic E-state index is -1.13. The van der Waals surface area contributed by atoms with Crippen LogP contribution in [0.25, 0.3) is 0 Å². The van der Waals surface area contributed by atoms with E-state index >= 15 is 0 Å². The van der Waals surface area contributed by atoms with Gasteiger partial charge in [-0.05, 0) is 25.7 Å². The van der Waals surface area contributed by atoms with Crippen molar-refractivity contribution in [3.63, 3.8) is 0 Å². The Morgan fingerprint density at radius 3 is 1.35 bits per heavy atom. The lowest BCUT2D eigenvalue weighted by Crippen LogP contribution is -2.30. The number of rotatable bonds is 18. The maximum Gasteiger partial charge on any atom is 0.151 e. The fraction of sp³-hybridized carbons (Fsp3) is 1.00. The number of nitrogens with one attached hydrogen (secondary N) is 1. The minimum Gasteiger partial charge on any atom is -0.395 e. The standard InChI is InChI=1S/C18H39NO4/c20-16-15-19-17(21)13-11-9-7-5-3-1-2-4-6-8-10-12-14-18(22)23/h17-23H,1-16H2. The SMILES string of the molecule is OCCNC(O)CCCCCCCCCCCCCCC(O)O. The maximum absolute atomic E-state index is 9.54. The van der Waals surface area contributed by atoms with E-state index < -0.39 is 12.5 Å². The third-order valence-electron chi connectivity index (χ3n) is 4.18. The molecule has 1 unspecified atom stereocenters. The lowest BCUT2D eigenvalue weighted by molar-refractivity contribution is -0.0466. The van der Waals surface area contributed by atoms with Crippen LogP contribution in [0.5, 0.6) is 0 Å². The van der Waals surface area contributed by atoms with Crippen molar-refractivity contribution >= 4 is 0 Å². The molecule has 0 spiro atoms. The van der Waals surface area contributed by atoms with Crippen molar-refractivity contribution in [1.82, 2.24) is 5.32 Å². The van der Waals surface area contributed by atoms with Crippen LogP contribution in [-0.2, 0) is 0 Å². The Labute approximate surface area is 142 Å². The van der Waals surface area contributed by atoms with Crippen LogP contribution < -0.4 is 5.32 Å². The topological polar surface area (TPSA) is 93.0 Å². The minimum absolute atomic E-state index is 0.0723. The first-order valence-electron chi connectivity index (χ1n) is 9.55. The first-order valence-corrected chi connectivity index (χ1v) is 9.55. The third-order valence-corrected chi connectivity index (χ3v) is 4.18. The zero-order valence-corrected chi connectivity index (χ0v) is 14.8. The molecule has 0 radical (unpaired) electrons. The highest BCUT2D eigenvalue weighted by Crippen LogP contribution is 2.13. The van der Waals surface area contributed by atoms with Gasteiger partial charge in [-0.25, -0.2) is 0 Å². The van der Waals surface area contributed by atoms with E-state index in [0.29, 0.717) is 13.0 Å². The molecule has 0 heterocycles. The van der Waals surface area contributed by atoms with Crippen LogP contribution in [0.15, 0.2) is 0 Å². The van der Waals surface area contributed by atoms with E-state index in [-0.39, 0.29) is 6.61 Å². The first kappa shape index (κ1) is 22.8. The fourth-order valence-corrected chi connectivity index (χ4v) is 2.77. The summed E-state index contributed by atoms with van der Waals surface area (Å²) < 4.78 is 0. The Morgan fingerprint density at radius 2 is 0.957 bits per heavy atom. The predicted octanol–water partition coefficient (Wildman–Crippen LogP) is 2.66. The highest BCUT2D eigenvalue weighted by Gasteiger charge is 2.01. The largest absolute Gasteiger partial charge is 0.395 e. The summed E-state index contributed by atoms with van der Waals surface area (Å²) in [6.45, 7) is 0.535. The average Bonchev–Trinajstić information content (AvgIpc) is 2.52. The van der Waals surface area contributed by atoms with Crippen LogP contribution in [0.2, 0.25) is 0 Å². The van der Waals surface area contributed by atoms with Crippen molar-refractivity contribution in [2.75, 3.05) is 13.2 Å². The molecule has 140 valence electrons. The van der Waals surface area contributed by atoms with E-state index in [4.69, 9.17) is 15.3 Å². The zero-order chi connectivity index (χ0) is 17.2. The molecule has 0 aliphatic carbocycles. The van der Waals surface area contributed by atoms with Gasteiger partial charge in [0.15, 0.2) is 6.29 Å². The second-order valence-corrected chi connectivity index (χ2v) is 6.49. The molecule has 0 saturated carbocycles. The molecule has 0 aliphatic rings. The average molecular weight is 334 g/mol. The molecule has 0 aromatic carbocycles. The lowest BCUT2D eigenvalue weighted by atomic mass is 10.0. The van der Waals surface area contributed by atoms with Gasteiger partial charge in [-0.3, -0.25) is 5.32 Å². The van der Waals surface area contributed by atoms with Crippen molar-refractivity contribution in [1.29, 1.82) is 0 Å². The Hall–Kier alpha value is -0.200. The smallest absolute Gasteiger partial charge is 0.151 e. The van der Waals surface area contributed by atoms with Gasteiger partial charge in [-0.15, -0.1) is 0 Å². The van der Waals surface area contributed by atoms with E-state index in [0.717, 1.165) is 25.7 Å². The molecule has 0 rings (SSSR count). The highest BCUT2D eigenvalue weighted by molar-refractivity contribution is 4.54. The summed E-state index contributed by atoms with van der Waals surface area (Å²) in [7, 11) is 0. The van der Waals surface area contributed by atoms with Crippen molar-refractivity contribution in [3.8, 4) is 0 Å². The van der Waals surface area contributed by atoms with Gasteiger partial charge in [0.05, 0.1) is 6.61 Å². The normalized spacial score (nSPS) is 12.9. The summed E-state index contributed by atoms with van der Waals surface area (Å²) in [6, 6.07) is 0. The molecule has 5 nitrogen and oxygen atoms in total. The number of hydrogen-bond donors (Lipinski definition) is 5. The van der Waals surface area contributed by atoms with E-state index in [1.807, 2.05) is 0 Å². The quantitative estimate of drug-likeness (QED) is 0.196. The van der Waals surface area contributed by atoms with Crippen LogP contribution in [0.4, 0.5) is 0 Å². The molecule has 5 heteroatoms. The molecule has 5 N–H and O–H groups in total. The summed E-state index contributed by atoms with van der Waals surface area (Å²) in [5, 5.41) is 38.5. The Kier molecular flexibility index (Phi) is 18.0. The summed E-state index contributed by atoms with van der Waals surface area (Å²) in [4.78, 5) is 0. The van der Waals surface area contributed by atoms with E-state index in [2.05, 4.69) is 5.32 Å². The lowest BCUT2D eigenvalue weighted by Gasteiger charge is -2.11. The summed E-state index contributed by atoms with van der Waals surface area (Å²) in [6.07, 6.45) is 14.2. The van der Waals surface area contributed by atoms with Crippen LogP contribution in [0.3, 0.4) is 0 Å². The molecular formula is C18H39NO4. The second-order valence-electron chi connectivity index (χ2n) is 6.49. The Morgan fingerprint density at radius 1 is 0.565 bits per heavy atom. The molecule has 0 aliphatic heterocycles. The molecule has 23 heavy (non-hydrogen) atoms. The van der Waals surface area contributed by atoms with Crippen molar-refractivity contribution in [2.45, 2.75) is 102 Å². The fourth-order valence-electron chi connectivity index (χ4n) is 2.77. The number of hydrogen-bond acceptors (Lipinski definition) is 5. The Balaban J connectivity index is 3.05. The summed E-state index contributed by atoms with van der Waals surface area (Å²) in [5.41, 5.74) is 0. The third kappa shape index (κ3) is 19.8. The van der Waals surface area contributed by atoms with E-state index in [1.165, 1.54) is 57.8 Å². The molecule has 1 atom stereocenters. The van der Waals surface area contributed by atoms with Crippen LogP contribution in [0.1, 0.15) is 89.9 Å². The monoisotopic (exact) mass is 333 g/mol. The van der Waals surface area contributed by atoms with Gasteiger partial charge in [-0.1, -0.05) is 64.2 Å². The van der Waals surface area contributed by atoms with Crippen molar-refractivity contribution in [2.24, 2.45) is 0 Å². The molecule has 0 saturated heterocycles. The first-order chi connectivity index (χ1) is 11.2. The molecule has 0 amide bonds. The second kappa shape index (κ2) is 18.1. The molecule has 0 fully saturated rings. The predicted molar refractivity (Wildman–Crippen MR) is 94.0 cm³/mol. The maximum atomic E-state index is 9.54. The van der Waals surface area contributed by atoms with Crippen molar-refractivity contribution < 1.29 is 20.4 Å². The van der Waals surface area contributed by atoms with Gasteiger partial charge in [0.1, 0.15) is 6.23 Å². The number of aliphatic hydroxyl groups is 4. The molecular weight excluding hydrogens is 294 g/mol. The van der Waals surface area contributed by atoms with Gasteiger partial charge < -0.3 is 20.4 Å². The summed E-state index contributed by atoms with van der Waals surface area (Å²) in [5.74, 6) is 0. The van der Waals surface area contributed by atoms with Crippen LogP contribution >= 0.6 is 0 Å². The van der Waals surface area contributed by atoms with Gasteiger partial charge in [-0.2, -0.15) is 0 Å². The van der Waals surface area contributed by atoms with E-state index in [1.54, 1.807) is 0 Å². The molecule has 0 aromatic rings. The summed E-state index contributed by atoms with van der Waals surface area (Å²) >= 11 is 0. The highest BCUT2D eigenvalue weighted by atomic mass is 16.5. The number of aliphatic hydroxyl groups excluding tert-OH is 3.